The molecule has 6 heteroatoms. The number of anilines is 1. The summed E-state index contributed by atoms with van der Waals surface area (Å²) in [6.07, 6.45) is 4.31. The first kappa shape index (κ1) is 13.3. The Bertz CT molecular complexity index is 579. The van der Waals surface area contributed by atoms with Crippen molar-refractivity contribution >= 4 is 33.1 Å². The number of nitrogens with zero attached hydrogens (tertiary/aromatic N) is 2. The average Bonchev–Trinajstić information content (AvgIpc) is 2.76. The molecule has 0 bridgehead atoms. The molecule has 4 nitrogen and oxygen atoms in total. The normalized spacial score (nSPS) is 10.6. The molecule has 2 aromatic rings. The smallest absolute Gasteiger partial charge is 0.293 e. The zero-order valence-corrected chi connectivity index (χ0v) is 12.4. The third-order valence-electron chi connectivity index (χ3n) is 2.49. The second-order valence-corrected chi connectivity index (χ2v) is 5.67. The molecule has 0 amide bonds. The summed E-state index contributed by atoms with van der Waals surface area (Å²) in [5.74, 6) is 0.409. The van der Waals surface area contributed by atoms with E-state index in [4.69, 9.17) is 0 Å². The lowest BCUT2D eigenvalue weighted by Crippen LogP contribution is -2.24. The third-order valence-corrected chi connectivity index (χ3v) is 4.41. The molecule has 0 unspecified atom stereocenters. The van der Waals surface area contributed by atoms with Gasteiger partial charge in [0.05, 0.1) is 6.54 Å². The summed E-state index contributed by atoms with van der Waals surface area (Å²) in [6.45, 7) is 3.37. The highest BCUT2D eigenvalue weighted by Gasteiger charge is 2.06. The van der Waals surface area contributed by atoms with E-state index in [2.05, 4.69) is 26.2 Å². The lowest BCUT2D eigenvalue weighted by molar-refractivity contribution is 0.649. The first-order valence-electron chi connectivity index (χ1n) is 5.73. The van der Waals surface area contributed by atoms with Crippen molar-refractivity contribution in [2.75, 3.05) is 5.32 Å². The van der Waals surface area contributed by atoms with E-state index < -0.39 is 0 Å². The number of aryl methyl sites for hydroxylation is 1. The van der Waals surface area contributed by atoms with Crippen LogP contribution in [0.4, 0.5) is 5.82 Å². The quantitative estimate of drug-likeness (QED) is 0.917. The van der Waals surface area contributed by atoms with Crippen molar-refractivity contribution in [3.63, 3.8) is 0 Å². The van der Waals surface area contributed by atoms with Crippen molar-refractivity contribution < 1.29 is 0 Å². The van der Waals surface area contributed by atoms with Gasteiger partial charge in [-0.25, -0.2) is 4.98 Å². The van der Waals surface area contributed by atoms with Crippen molar-refractivity contribution in [2.45, 2.75) is 26.4 Å². The molecule has 2 aromatic heterocycles. The minimum absolute atomic E-state index is 0.0629. The molecule has 2 rings (SSSR count). The third kappa shape index (κ3) is 3.00. The van der Waals surface area contributed by atoms with E-state index in [1.807, 2.05) is 18.4 Å². The monoisotopic (exact) mass is 327 g/mol. The van der Waals surface area contributed by atoms with Crippen LogP contribution in [0.3, 0.4) is 0 Å². The van der Waals surface area contributed by atoms with E-state index in [1.54, 1.807) is 28.3 Å². The maximum absolute atomic E-state index is 12.0. The summed E-state index contributed by atoms with van der Waals surface area (Å²) < 4.78 is 2.74. The summed E-state index contributed by atoms with van der Waals surface area (Å²) in [4.78, 5) is 17.3. The molecule has 0 aliphatic heterocycles. The highest BCUT2D eigenvalue weighted by atomic mass is 79.9. The van der Waals surface area contributed by atoms with Gasteiger partial charge in [-0.3, -0.25) is 4.79 Å². The fourth-order valence-electron chi connectivity index (χ4n) is 1.60. The predicted octanol–water partition coefficient (Wildman–Crippen LogP) is 3.09. The highest BCUT2D eigenvalue weighted by Crippen LogP contribution is 2.22. The maximum Gasteiger partial charge on any atom is 0.293 e. The van der Waals surface area contributed by atoms with Gasteiger partial charge in [-0.05, 0) is 33.8 Å². The van der Waals surface area contributed by atoms with Gasteiger partial charge >= 0.3 is 0 Å². The zero-order valence-electron chi connectivity index (χ0n) is 10.0. The Morgan fingerprint density at radius 3 is 3.06 bits per heavy atom. The van der Waals surface area contributed by atoms with Gasteiger partial charge in [0.15, 0.2) is 5.82 Å². The summed E-state index contributed by atoms with van der Waals surface area (Å²) in [6, 6.07) is 2.00. The summed E-state index contributed by atoms with van der Waals surface area (Å²) in [5.41, 5.74) is -0.0629. The molecule has 96 valence electrons. The second kappa shape index (κ2) is 6.15. The minimum Gasteiger partial charge on any atom is -0.361 e. The van der Waals surface area contributed by atoms with Gasteiger partial charge in [0.2, 0.25) is 0 Å². The fraction of sp³-hybridized carbons (Fsp3) is 0.333. The summed E-state index contributed by atoms with van der Waals surface area (Å²) in [5, 5.41) is 5.10. The molecule has 0 radical (unpaired) electrons. The molecule has 0 atom stereocenters. The Morgan fingerprint density at radius 1 is 1.56 bits per heavy atom. The van der Waals surface area contributed by atoms with E-state index >= 15 is 0 Å². The Labute approximate surface area is 118 Å². The van der Waals surface area contributed by atoms with Crippen LogP contribution in [0.25, 0.3) is 0 Å². The maximum atomic E-state index is 12.0. The van der Waals surface area contributed by atoms with Crippen LogP contribution in [0, 0.1) is 0 Å². The molecular weight excluding hydrogens is 314 g/mol. The van der Waals surface area contributed by atoms with Gasteiger partial charge in [-0.1, -0.05) is 6.92 Å². The molecule has 18 heavy (non-hydrogen) atoms. The van der Waals surface area contributed by atoms with E-state index in [1.165, 1.54) is 0 Å². The zero-order chi connectivity index (χ0) is 13.0. The van der Waals surface area contributed by atoms with Gasteiger partial charge in [-0.15, -0.1) is 11.3 Å². The standard InChI is InChI=1S/C12H14BrN3OS/c1-2-5-16-6-4-14-11(12(16)17)15-8-10-9(13)3-7-18-10/h3-4,6-7H,2,5,8H2,1H3,(H,14,15). The van der Waals surface area contributed by atoms with Crippen molar-refractivity contribution in [1.29, 1.82) is 0 Å². The number of hydrogen-bond acceptors (Lipinski definition) is 4. The Kier molecular flexibility index (Phi) is 4.54. The minimum atomic E-state index is -0.0629. The van der Waals surface area contributed by atoms with Crippen LogP contribution < -0.4 is 10.9 Å². The Morgan fingerprint density at radius 2 is 2.39 bits per heavy atom. The van der Waals surface area contributed by atoms with Crippen LogP contribution in [0.5, 0.6) is 0 Å². The number of aromatic nitrogens is 2. The van der Waals surface area contributed by atoms with Crippen LogP contribution in [0.2, 0.25) is 0 Å². The molecule has 1 N–H and O–H groups in total. The van der Waals surface area contributed by atoms with Gasteiger partial charge < -0.3 is 9.88 Å². The molecule has 0 aromatic carbocycles. The van der Waals surface area contributed by atoms with Crippen molar-refractivity contribution in [3.05, 3.63) is 43.5 Å². The van der Waals surface area contributed by atoms with E-state index in [0.29, 0.717) is 12.4 Å². The lowest BCUT2D eigenvalue weighted by Gasteiger charge is -2.07. The van der Waals surface area contributed by atoms with Crippen LogP contribution in [0.15, 0.2) is 33.1 Å². The molecule has 0 saturated heterocycles. The van der Waals surface area contributed by atoms with E-state index in [-0.39, 0.29) is 5.56 Å². The van der Waals surface area contributed by atoms with Crippen LogP contribution in [0.1, 0.15) is 18.2 Å². The first-order valence-corrected chi connectivity index (χ1v) is 7.40. The van der Waals surface area contributed by atoms with Gasteiger partial charge in [-0.2, -0.15) is 0 Å². The topological polar surface area (TPSA) is 46.9 Å². The van der Waals surface area contributed by atoms with Gasteiger partial charge in [0, 0.05) is 28.3 Å². The molecule has 0 saturated carbocycles. The van der Waals surface area contributed by atoms with Crippen LogP contribution >= 0.6 is 27.3 Å². The molecule has 0 aliphatic rings. The first-order chi connectivity index (χ1) is 8.72. The molecule has 0 aliphatic carbocycles. The largest absolute Gasteiger partial charge is 0.361 e. The van der Waals surface area contributed by atoms with Gasteiger partial charge in [0.1, 0.15) is 0 Å². The van der Waals surface area contributed by atoms with Crippen LogP contribution in [-0.2, 0) is 13.1 Å². The number of nitrogens with one attached hydrogen (secondary N) is 1. The summed E-state index contributed by atoms with van der Waals surface area (Å²) in [7, 11) is 0. The Balaban J connectivity index is 2.12. The van der Waals surface area contributed by atoms with E-state index in [0.717, 1.165) is 22.3 Å². The molecule has 0 spiro atoms. The highest BCUT2D eigenvalue weighted by molar-refractivity contribution is 9.10. The fourth-order valence-corrected chi connectivity index (χ4v) is 3.03. The number of rotatable bonds is 5. The van der Waals surface area contributed by atoms with Gasteiger partial charge in [0.25, 0.3) is 5.56 Å². The lowest BCUT2D eigenvalue weighted by atomic mass is 10.4. The summed E-state index contributed by atoms with van der Waals surface area (Å²) >= 11 is 5.11. The Hall–Kier alpha value is -1.14. The number of halogens is 1. The SMILES string of the molecule is CCCn1ccnc(NCc2sccc2Br)c1=O. The van der Waals surface area contributed by atoms with Crippen molar-refractivity contribution in [2.24, 2.45) is 0 Å². The molecular formula is C12H14BrN3OS. The van der Waals surface area contributed by atoms with Crippen molar-refractivity contribution in [1.82, 2.24) is 9.55 Å². The molecule has 0 fully saturated rings. The van der Waals surface area contributed by atoms with Crippen molar-refractivity contribution in [3.8, 4) is 0 Å². The second-order valence-electron chi connectivity index (χ2n) is 3.82. The number of hydrogen-bond donors (Lipinski definition) is 1. The van der Waals surface area contributed by atoms with Crippen LogP contribution in [-0.4, -0.2) is 9.55 Å². The van der Waals surface area contributed by atoms with E-state index in [9.17, 15) is 4.79 Å². The number of thiophene rings is 1. The molecule has 2 heterocycles. The average molecular weight is 328 g/mol. The predicted molar refractivity (Wildman–Crippen MR) is 78.1 cm³/mol.